The monoisotopic (exact) mass is 446 g/mol. The molecule has 1 aromatic heterocycles. The summed E-state index contributed by atoms with van der Waals surface area (Å²) in [5.41, 5.74) is 2.27. The highest BCUT2D eigenvalue weighted by molar-refractivity contribution is 6.31. The summed E-state index contributed by atoms with van der Waals surface area (Å²) in [7, 11) is 0. The third-order valence-electron chi connectivity index (χ3n) is 3.98. The molecular formula is C21H14ClF3N4O2. The van der Waals surface area contributed by atoms with E-state index in [2.05, 4.69) is 20.8 Å². The lowest BCUT2D eigenvalue weighted by molar-refractivity contribution is -0.137. The van der Waals surface area contributed by atoms with Crippen molar-refractivity contribution < 1.29 is 22.8 Å². The van der Waals surface area contributed by atoms with Crippen molar-refractivity contribution in [2.75, 3.05) is 5.32 Å². The topological polar surface area (TPSA) is 83.5 Å². The van der Waals surface area contributed by atoms with Crippen LogP contribution in [0, 0.1) is 0 Å². The van der Waals surface area contributed by atoms with Crippen molar-refractivity contribution in [3.8, 4) is 0 Å². The van der Waals surface area contributed by atoms with Gasteiger partial charge in [-0.3, -0.25) is 14.6 Å². The van der Waals surface area contributed by atoms with E-state index in [0.29, 0.717) is 5.56 Å². The second-order valence-corrected chi connectivity index (χ2v) is 6.59. The fraction of sp³-hybridized carbons (Fsp3) is 0.0476. The number of rotatable bonds is 5. The number of carbonyl (C=O) groups excluding carboxylic acids is 2. The summed E-state index contributed by atoms with van der Waals surface area (Å²) < 4.78 is 38.8. The first-order chi connectivity index (χ1) is 14.7. The Morgan fingerprint density at radius 1 is 1.00 bits per heavy atom. The van der Waals surface area contributed by atoms with Crippen molar-refractivity contribution in [3.05, 3.63) is 94.3 Å². The fourth-order valence-electron chi connectivity index (χ4n) is 2.46. The maximum Gasteiger partial charge on any atom is 0.417 e. The van der Waals surface area contributed by atoms with Gasteiger partial charge in [0.1, 0.15) is 5.69 Å². The van der Waals surface area contributed by atoms with Gasteiger partial charge in [0.2, 0.25) is 0 Å². The Morgan fingerprint density at radius 2 is 1.74 bits per heavy atom. The molecule has 1 heterocycles. The molecule has 0 saturated carbocycles. The number of pyridine rings is 1. The molecule has 158 valence electrons. The molecule has 2 N–H and O–H groups in total. The Bertz CT molecular complexity index is 1120. The van der Waals surface area contributed by atoms with Crippen LogP contribution in [0.2, 0.25) is 5.02 Å². The van der Waals surface area contributed by atoms with E-state index in [9.17, 15) is 22.8 Å². The van der Waals surface area contributed by atoms with Crippen molar-refractivity contribution in [3.63, 3.8) is 0 Å². The first-order valence-electron chi connectivity index (χ1n) is 8.76. The molecule has 0 bridgehead atoms. The average Bonchev–Trinajstić information content (AvgIpc) is 2.75. The van der Waals surface area contributed by atoms with Crippen LogP contribution in [0.5, 0.6) is 0 Å². The predicted octanol–water partition coefficient (Wildman–Crippen LogP) is 4.77. The van der Waals surface area contributed by atoms with Gasteiger partial charge in [0.05, 0.1) is 16.8 Å². The largest absolute Gasteiger partial charge is 0.417 e. The van der Waals surface area contributed by atoms with E-state index in [1.54, 1.807) is 24.3 Å². The van der Waals surface area contributed by atoms with Crippen molar-refractivity contribution >= 4 is 35.3 Å². The van der Waals surface area contributed by atoms with Crippen LogP contribution in [-0.2, 0) is 6.18 Å². The third-order valence-corrected chi connectivity index (χ3v) is 4.31. The minimum absolute atomic E-state index is 0.0374. The molecule has 0 aliphatic carbocycles. The zero-order chi connectivity index (χ0) is 22.4. The minimum atomic E-state index is -4.63. The lowest BCUT2D eigenvalue weighted by Crippen LogP contribution is -2.18. The molecule has 10 heteroatoms. The molecule has 31 heavy (non-hydrogen) atoms. The number of nitrogens with zero attached hydrogens (tertiary/aromatic N) is 2. The standard InChI is InChI=1S/C21H14ClF3N4O2/c22-17-9-8-15(11-16(17)21(23,24)25)28-19(30)14-6-4-13(5-7-14)12-27-29-20(31)18-3-1-2-10-26-18/h1-12H,(H,28,30)(H,29,31). The predicted molar refractivity (Wildman–Crippen MR) is 110 cm³/mol. The number of alkyl halides is 3. The number of aromatic nitrogens is 1. The highest BCUT2D eigenvalue weighted by atomic mass is 35.5. The number of halogens is 4. The molecule has 2 amide bonds. The molecule has 0 radical (unpaired) electrons. The van der Waals surface area contributed by atoms with Gasteiger partial charge >= 0.3 is 6.18 Å². The van der Waals surface area contributed by atoms with Crippen LogP contribution in [0.4, 0.5) is 18.9 Å². The zero-order valence-corrected chi connectivity index (χ0v) is 16.4. The number of hydrogen-bond donors (Lipinski definition) is 2. The molecule has 0 fully saturated rings. The first-order valence-corrected chi connectivity index (χ1v) is 9.14. The number of carbonyl (C=O) groups is 2. The van der Waals surface area contributed by atoms with Gasteiger partial charge in [-0.2, -0.15) is 18.3 Å². The molecular weight excluding hydrogens is 433 g/mol. The van der Waals surface area contributed by atoms with Crippen LogP contribution in [0.1, 0.15) is 32.0 Å². The molecule has 6 nitrogen and oxygen atoms in total. The molecule has 0 saturated heterocycles. The van der Waals surface area contributed by atoms with Gasteiger partial charge in [0.25, 0.3) is 11.8 Å². The van der Waals surface area contributed by atoms with Gasteiger partial charge in [-0.1, -0.05) is 29.8 Å². The highest BCUT2D eigenvalue weighted by Gasteiger charge is 2.33. The quantitative estimate of drug-likeness (QED) is 0.437. The maximum atomic E-state index is 12.9. The zero-order valence-electron chi connectivity index (χ0n) is 15.7. The van der Waals surface area contributed by atoms with Gasteiger partial charge in [0.15, 0.2) is 0 Å². The van der Waals surface area contributed by atoms with Crippen LogP contribution in [0.3, 0.4) is 0 Å². The highest BCUT2D eigenvalue weighted by Crippen LogP contribution is 2.36. The average molecular weight is 447 g/mol. The van der Waals surface area contributed by atoms with Crippen LogP contribution >= 0.6 is 11.6 Å². The summed E-state index contributed by atoms with van der Waals surface area (Å²) in [5, 5.41) is 5.76. The molecule has 0 unspecified atom stereocenters. The Balaban J connectivity index is 1.62. The van der Waals surface area contributed by atoms with Crippen LogP contribution < -0.4 is 10.7 Å². The molecule has 0 atom stereocenters. The summed E-state index contributed by atoms with van der Waals surface area (Å²) >= 11 is 5.57. The fourth-order valence-corrected chi connectivity index (χ4v) is 2.69. The van der Waals surface area contributed by atoms with Crippen molar-refractivity contribution in [1.29, 1.82) is 0 Å². The number of hydrogen-bond acceptors (Lipinski definition) is 4. The summed E-state index contributed by atoms with van der Waals surface area (Å²) in [4.78, 5) is 28.0. The molecule has 0 aliphatic rings. The summed E-state index contributed by atoms with van der Waals surface area (Å²) in [6.45, 7) is 0. The van der Waals surface area contributed by atoms with Gasteiger partial charge in [0, 0.05) is 17.4 Å². The van der Waals surface area contributed by atoms with Crippen molar-refractivity contribution in [1.82, 2.24) is 10.4 Å². The van der Waals surface area contributed by atoms with Crippen molar-refractivity contribution in [2.45, 2.75) is 6.18 Å². The van der Waals surface area contributed by atoms with E-state index in [4.69, 9.17) is 11.6 Å². The number of hydrazone groups is 1. The van der Waals surface area contributed by atoms with Crippen molar-refractivity contribution in [2.24, 2.45) is 5.10 Å². The SMILES string of the molecule is O=C(Nc1ccc(Cl)c(C(F)(F)F)c1)c1ccc(C=NNC(=O)c2ccccn2)cc1. The maximum absolute atomic E-state index is 12.9. The van der Waals surface area contributed by atoms with Gasteiger partial charge in [-0.05, 0) is 48.0 Å². The van der Waals surface area contributed by atoms with Gasteiger partial charge in [-0.15, -0.1) is 0 Å². The van der Waals surface area contributed by atoms with E-state index >= 15 is 0 Å². The molecule has 3 rings (SSSR count). The second-order valence-electron chi connectivity index (χ2n) is 6.18. The number of anilines is 1. The molecule has 0 spiro atoms. The van der Waals surface area contributed by atoms with E-state index in [0.717, 1.165) is 12.1 Å². The van der Waals surface area contributed by atoms with Crippen LogP contribution in [0.15, 0.2) is 72.0 Å². The van der Waals surface area contributed by atoms with E-state index in [1.807, 2.05) is 0 Å². The minimum Gasteiger partial charge on any atom is -0.322 e. The molecule has 2 aromatic carbocycles. The Kier molecular flexibility index (Phi) is 6.66. The van der Waals surface area contributed by atoms with Gasteiger partial charge in [-0.25, -0.2) is 5.43 Å². The van der Waals surface area contributed by atoms with Gasteiger partial charge < -0.3 is 5.32 Å². The van der Waals surface area contributed by atoms with E-state index < -0.39 is 28.6 Å². The van der Waals surface area contributed by atoms with Crippen LogP contribution in [0.25, 0.3) is 0 Å². The smallest absolute Gasteiger partial charge is 0.322 e. The lowest BCUT2D eigenvalue weighted by atomic mass is 10.1. The summed E-state index contributed by atoms with van der Waals surface area (Å²) in [6.07, 6.45) is -1.78. The van der Waals surface area contributed by atoms with E-state index in [1.165, 1.54) is 36.7 Å². The normalized spacial score (nSPS) is 11.4. The second kappa shape index (κ2) is 9.40. The summed E-state index contributed by atoms with van der Waals surface area (Å²) in [6, 6.07) is 14.1. The Morgan fingerprint density at radius 3 is 2.39 bits per heavy atom. The number of nitrogens with one attached hydrogen (secondary N) is 2. The first kappa shape index (κ1) is 22.0. The molecule has 0 aliphatic heterocycles. The van der Waals surface area contributed by atoms with Crippen LogP contribution in [-0.4, -0.2) is 23.0 Å². The molecule has 3 aromatic rings. The third kappa shape index (κ3) is 5.89. The Labute approximate surface area is 179 Å². The van der Waals surface area contributed by atoms with E-state index in [-0.39, 0.29) is 16.9 Å². The number of amides is 2. The summed E-state index contributed by atoms with van der Waals surface area (Å²) in [5.74, 6) is -1.07. The Hall–Kier alpha value is -3.72. The lowest BCUT2D eigenvalue weighted by Gasteiger charge is -2.12. The number of benzene rings is 2.